The van der Waals surface area contributed by atoms with Crippen molar-refractivity contribution in [1.82, 2.24) is 9.97 Å². The molecule has 0 atom stereocenters. The van der Waals surface area contributed by atoms with Gasteiger partial charge in [-0.15, -0.1) is 0 Å². The van der Waals surface area contributed by atoms with Gasteiger partial charge in [-0.05, 0) is 31.0 Å². The Bertz CT molecular complexity index is 883. The number of rotatable bonds is 7. The van der Waals surface area contributed by atoms with Crippen LogP contribution in [0.15, 0.2) is 59.8 Å². The predicted molar refractivity (Wildman–Crippen MR) is 105 cm³/mol. The average Bonchev–Trinajstić information content (AvgIpc) is 2.66. The van der Waals surface area contributed by atoms with Gasteiger partial charge in [0.25, 0.3) is 0 Å². The molecular weight excluding hydrogens is 344 g/mol. The van der Waals surface area contributed by atoms with E-state index >= 15 is 0 Å². The molecular formula is C21H22N2O2S. The summed E-state index contributed by atoms with van der Waals surface area (Å²) in [5.74, 6) is 2.82. The van der Waals surface area contributed by atoms with Crippen LogP contribution in [-0.4, -0.2) is 17.1 Å². The van der Waals surface area contributed by atoms with Crippen LogP contribution < -0.4 is 9.47 Å². The third-order valence-corrected chi connectivity index (χ3v) is 4.73. The van der Waals surface area contributed by atoms with Crippen LogP contribution in [0.5, 0.6) is 17.4 Å². The van der Waals surface area contributed by atoms with Gasteiger partial charge in [-0.1, -0.05) is 54.6 Å². The van der Waals surface area contributed by atoms with Gasteiger partial charge in [-0.2, -0.15) is 4.98 Å². The summed E-state index contributed by atoms with van der Waals surface area (Å²) in [4.78, 5) is 9.17. The topological polar surface area (TPSA) is 44.2 Å². The Morgan fingerprint density at radius 1 is 0.962 bits per heavy atom. The van der Waals surface area contributed by atoms with Gasteiger partial charge < -0.3 is 9.47 Å². The molecule has 1 heterocycles. The minimum Gasteiger partial charge on any atom is -0.497 e. The number of thioether (sulfide) groups is 1. The van der Waals surface area contributed by atoms with Crippen molar-refractivity contribution in [3.05, 3.63) is 71.4 Å². The second kappa shape index (κ2) is 8.72. The monoisotopic (exact) mass is 366 g/mol. The van der Waals surface area contributed by atoms with Crippen molar-refractivity contribution in [3.8, 4) is 17.4 Å². The molecule has 3 rings (SSSR count). The Labute approximate surface area is 158 Å². The van der Waals surface area contributed by atoms with E-state index in [1.54, 1.807) is 18.9 Å². The maximum Gasteiger partial charge on any atom is 0.223 e. The van der Waals surface area contributed by atoms with Gasteiger partial charge in [0.2, 0.25) is 5.88 Å². The molecule has 5 heteroatoms. The van der Waals surface area contributed by atoms with E-state index in [4.69, 9.17) is 9.47 Å². The molecule has 2 aromatic carbocycles. The van der Waals surface area contributed by atoms with Crippen LogP contribution in [0.25, 0.3) is 0 Å². The first kappa shape index (κ1) is 18.3. The lowest BCUT2D eigenvalue weighted by molar-refractivity contribution is 0.406. The van der Waals surface area contributed by atoms with Crippen molar-refractivity contribution in [2.75, 3.05) is 7.11 Å². The third kappa shape index (κ3) is 4.99. The first-order valence-corrected chi connectivity index (χ1v) is 9.53. The van der Waals surface area contributed by atoms with E-state index in [9.17, 15) is 0 Å². The van der Waals surface area contributed by atoms with Gasteiger partial charge in [0, 0.05) is 23.6 Å². The molecule has 4 nitrogen and oxygen atoms in total. The Hall–Kier alpha value is -2.53. The van der Waals surface area contributed by atoms with E-state index in [-0.39, 0.29) is 0 Å². The molecule has 0 saturated heterocycles. The van der Waals surface area contributed by atoms with E-state index in [1.165, 1.54) is 11.1 Å². The second-order valence-corrected chi connectivity index (χ2v) is 6.83. The summed E-state index contributed by atoms with van der Waals surface area (Å²) in [5.41, 5.74) is 3.48. The van der Waals surface area contributed by atoms with E-state index in [0.717, 1.165) is 28.8 Å². The van der Waals surface area contributed by atoms with Crippen molar-refractivity contribution in [2.45, 2.75) is 31.2 Å². The van der Waals surface area contributed by atoms with Crippen molar-refractivity contribution >= 4 is 11.8 Å². The van der Waals surface area contributed by atoms with Gasteiger partial charge in [-0.3, -0.25) is 0 Å². The number of hydrogen-bond donors (Lipinski definition) is 0. The van der Waals surface area contributed by atoms with Crippen LogP contribution in [0.2, 0.25) is 0 Å². The summed E-state index contributed by atoms with van der Waals surface area (Å²) < 4.78 is 11.2. The second-order valence-electron chi connectivity index (χ2n) is 5.89. The summed E-state index contributed by atoms with van der Waals surface area (Å²) in [6, 6.07) is 17.9. The van der Waals surface area contributed by atoms with Crippen molar-refractivity contribution < 1.29 is 9.47 Å². The molecule has 3 aromatic rings. The number of aryl methyl sites for hydroxylation is 2. The van der Waals surface area contributed by atoms with E-state index in [1.807, 2.05) is 30.3 Å². The van der Waals surface area contributed by atoms with E-state index < -0.39 is 0 Å². The Morgan fingerprint density at radius 3 is 2.54 bits per heavy atom. The lowest BCUT2D eigenvalue weighted by atomic mass is 10.2. The number of aromatic nitrogens is 2. The SMILES string of the molecule is CCc1cc(Oc2cccc(OC)c2)nc(SCc2cccc(C)c2)n1. The standard InChI is InChI=1S/C21H22N2O2S/c1-4-17-12-20(25-19-10-6-9-18(13-19)24-3)23-21(22-17)26-14-16-8-5-7-15(2)11-16/h5-13H,4,14H2,1-3H3. The molecule has 0 radical (unpaired) electrons. The quantitative estimate of drug-likeness (QED) is 0.411. The van der Waals surface area contributed by atoms with E-state index in [0.29, 0.717) is 11.6 Å². The fraction of sp³-hybridized carbons (Fsp3) is 0.238. The summed E-state index contributed by atoms with van der Waals surface area (Å²) in [6.45, 7) is 4.18. The molecule has 0 aliphatic rings. The highest BCUT2D eigenvalue weighted by Gasteiger charge is 2.08. The number of methoxy groups -OCH3 is 1. The molecule has 134 valence electrons. The molecule has 26 heavy (non-hydrogen) atoms. The summed E-state index contributed by atoms with van der Waals surface area (Å²) in [6.07, 6.45) is 0.828. The van der Waals surface area contributed by atoms with Crippen LogP contribution in [0, 0.1) is 6.92 Å². The fourth-order valence-corrected chi connectivity index (χ4v) is 3.29. The highest BCUT2D eigenvalue weighted by Crippen LogP contribution is 2.27. The molecule has 1 aromatic heterocycles. The minimum atomic E-state index is 0.553. The van der Waals surface area contributed by atoms with Crippen molar-refractivity contribution in [1.29, 1.82) is 0 Å². The highest BCUT2D eigenvalue weighted by molar-refractivity contribution is 7.98. The van der Waals surface area contributed by atoms with Crippen molar-refractivity contribution in [3.63, 3.8) is 0 Å². The van der Waals surface area contributed by atoms with Gasteiger partial charge in [0.05, 0.1) is 7.11 Å². The molecule has 0 bridgehead atoms. The zero-order valence-corrected chi connectivity index (χ0v) is 16.0. The predicted octanol–water partition coefficient (Wildman–Crippen LogP) is 5.44. The lowest BCUT2D eigenvalue weighted by Crippen LogP contribution is -1.97. The maximum absolute atomic E-state index is 5.93. The number of ether oxygens (including phenoxy) is 2. The van der Waals surface area contributed by atoms with Crippen LogP contribution >= 0.6 is 11.8 Å². The van der Waals surface area contributed by atoms with Gasteiger partial charge >= 0.3 is 0 Å². The molecule has 0 amide bonds. The first-order chi connectivity index (χ1) is 12.7. The summed E-state index contributed by atoms with van der Waals surface area (Å²) >= 11 is 1.62. The average molecular weight is 366 g/mol. The largest absolute Gasteiger partial charge is 0.497 e. The Kier molecular flexibility index (Phi) is 6.12. The maximum atomic E-state index is 5.93. The molecule has 0 saturated carbocycles. The molecule has 0 aliphatic carbocycles. The van der Waals surface area contributed by atoms with Crippen LogP contribution in [-0.2, 0) is 12.2 Å². The zero-order valence-electron chi connectivity index (χ0n) is 15.2. The van der Waals surface area contributed by atoms with Gasteiger partial charge in [0.1, 0.15) is 11.5 Å². The lowest BCUT2D eigenvalue weighted by Gasteiger charge is -2.09. The van der Waals surface area contributed by atoms with Crippen molar-refractivity contribution in [2.24, 2.45) is 0 Å². The third-order valence-electron chi connectivity index (χ3n) is 3.81. The summed E-state index contributed by atoms with van der Waals surface area (Å²) in [5, 5.41) is 0.726. The van der Waals surface area contributed by atoms with Crippen LogP contribution in [0.3, 0.4) is 0 Å². The van der Waals surface area contributed by atoms with Crippen LogP contribution in [0.4, 0.5) is 0 Å². The Morgan fingerprint density at radius 2 is 1.77 bits per heavy atom. The smallest absolute Gasteiger partial charge is 0.223 e. The minimum absolute atomic E-state index is 0.553. The fourth-order valence-electron chi connectivity index (χ4n) is 2.48. The first-order valence-electron chi connectivity index (χ1n) is 8.54. The number of benzene rings is 2. The molecule has 0 unspecified atom stereocenters. The molecule has 0 aliphatic heterocycles. The zero-order chi connectivity index (χ0) is 18.4. The highest BCUT2D eigenvalue weighted by atomic mass is 32.2. The van der Waals surface area contributed by atoms with Crippen LogP contribution in [0.1, 0.15) is 23.7 Å². The number of nitrogens with zero attached hydrogens (tertiary/aromatic N) is 2. The normalized spacial score (nSPS) is 10.6. The van der Waals surface area contributed by atoms with E-state index in [2.05, 4.69) is 48.1 Å². The van der Waals surface area contributed by atoms with Gasteiger partial charge in [0.15, 0.2) is 5.16 Å². The number of hydrogen-bond acceptors (Lipinski definition) is 5. The van der Waals surface area contributed by atoms with Gasteiger partial charge in [-0.25, -0.2) is 4.98 Å². The summed E-state index contributed by atoms with van der Waals surface area (Å²) in [7, 11) is 1.64. The Balaban J connectivity index is 1.77. The molecule has 0 N–H and O–H groups in total. The molecule has 0 spiro atoms. The molecule has 0 fully saturated rings.